The molecule has 1 aromatic carbocycles. The molecular formula is C17H34N2OSi3. The van der Waals surface area contributed by atoms with Gasteiger partial charge in [0, 0.05) is 5.56 Å². The van der Waals surface area contributed by atoms with Gasteiger partial charge < -0.3 is 13.6 Å². The van der Waals surface area contributed by atoms with Gasteiger partial charge in [-0.1, -0.05) is 39.3 Å². The monoisotopic (exact) mass is 366 g/mol. The second-order valence-corrected chi connectivity index (χ2v) is 23.6. The minimum absolute atomic E-state index is 0.897. The summed E-state index contributed by atoms with van der Waals surface area (Å²) in [4.78, 5) is 0. The number of nitrogens with zero attached hydrogens (tertiary/aromatic N) is 2. The summed E-state index contributed by atoms with van der Waals surface area (Å²) in [7, 11) is -2.94. The van der Waals surface area contributed by atoms with Crippen molar-refractivity contribution in [3.8, 4) is 5.75 Å². The average molecular weight is 367 g/mol. The molecule has 0 bridgehead atoms. The molecule has 0 N–H and O–H groups in total. The van der Waals surface area contributed by atoms with E-state index < -0.39 is 24.7 Å². The minimum atomic E-state index is -1.59. The van der Waals surface area contributed by atoms with Crippen molar-refractivity contribution >= 4 is 30.5 Å². The van der Waals surface area contributed by atoms with E-state index >= 15 is 0 Å². The lowest BCUT2D eigenvalue weighted by Gasteiger charge is -2.47. The standard InChI is InChI=1S/C17H34N2OSi3/c1-20-16-13-11-15(12-14-16)17(18-21(2,3)4)19(22(5,6)7)23(8,9)10/h11-14H,1-10H3/b18-17+. The van der Waals surface area contributed by atoms with E-state index in [9.17, 15) is 0 Å². The molecule has 0 heterocycles. The van der Waals surface area contributed by atoms with Gasteiger partial charge in [0.05, 0.1) is 7.11 Å². The number of hydrogen-bond acceptors (Lipinski definition) is 2. The Kier molecular flexibility index (Phi) is 6.09. The summed E-state index contributed by atoms with van der Waals surface area (Å²) in [6, 6.07) is 8.40. The lowest BCUT2D eigenvalue weighted by atomic mass is 10.2. The van der Waals surface area contributed by atoms with Gasteiger partial charge in [-0.3, -0.25) is 0 Å². The lowest BCUT2D eigenvalue weighted by molar-refractivity contribution is 0.415. The van der Waals surface area contributed by atoms with Crippen molar-refractivity contribution in [3.63, 3.8) is 0 Å². The van der Waals surface area contributed by atoms with Gasteiger partial charge in [-0.25, -0.2) is 0 Å². The van der Waals surface area contributed by atoms with Gasteiger partial charge in [0.25, 0.3) is 0 Å². The molecule has 0 spiro atoms. The third kappa shape index (κ3) is 5.93. The van der Waals surface area contributed by atoms with Crippen LogP contribution in [-0.2, 0) is 0 Å². The number of hydrogen-bond donors (Lipinski definition) is 0. The fourth-order valence-electron chi connectivity index (χ4n) is 2.94. The highest BCUT2D eigenvalue weighted by atomic mass is 28.4. The molecule has 3 nitrogen and oxygen atoms in total. The number of methoxy groups -OCH3 is 1. The molecule has 0 aliphatic carbocycles. The summed E-state index contributed by atoms with van der Waals surface area (Å²) in [5.41, 5.74) is 1.22. The second-order valence-electron chi connectivity index (χ2n) is 9.01. The predicted molar refractivity (Wildman–Crippen MR) is 111 cm³/mol. The van der Waals surface area contributed by atoms with Crippen LogP contribution in [0.15, 0.2) is 28.9 Å². The Morgan fingerprint density at radius 3 is 1.57 bits per heavy atom. The van der Waals surface area contributed by atoms with E-state index in [1.807, 2.05) is 12.1 Å². The molecule has 23 heavy (non-hydrogen) atoms. The zero-order valence-corrected chi connectivity index (χ0v) is 19.6. The Hall–Kier alpha value is -0.859. The van der Waals surface area contributed by atoms with Gasteiger partial charge in [0.15, 0.2) is 8.24 Å². The Bertz CT molecular complexity index is 535. The van der Waals surface area contributed by atoms with Crippen LogP contribution in [0.2, 0.25) is 58.9 Å². The molecule has 0 aliphatic rings. The fraction of sp³-hybridized carbons (Fsp3) is 0.588. The smallest absolute Gasteiger partial charge is 0.174 e. The molecule has 0 amide bonds. The van der Waals surface area contributed by atoms with E-state index in [1.54, 1.807) is 7.11 Å². The number of ether oxygens (including phenoxy) is 1. The maximum absolute atomic E-state index is 5.32. The molecule has 1 aromatic rings. The van der Waals surface area contributed by atoms with Crippen molar-refractivity contribution in [2.45, 2.75) is 58.9 Å². The Morgan fingerprint density at radius 2 is 1.26 bits per heavy atom. The van der Waals surface area contributed by atoms with Crippen LogP contribution in [0.25, 0.3) is 0 Å². The van der Waals surface area contributed by atoms with E-state index in [-0.39, 0.29) is 0 Å². The first kappa shape index (κ1) is 20.2. The fourth-order valence-corrected chi connectivity index (χ4v) is 13.7. The molecule has 0 saturated heterocycles. The van der Waals surface area contributed by atoms with Crippen LogP contribution >= 0.6 is 0 Å². The number of benzene rings is 1. The molecular weight excluding hydrogens is 332 g/mol. The predicted octanol–water partition coefficient (Wildman–Crippen LogP) is 5.25. The molecule has 6 heteroatoms. The van der Waals surface area contributed by atoms with Crippen molar-refractivity contribution in [2.24, 2.45) is 4.66 Å². The normalized spacial score (nSPS) is 13.9. The summed E-state index contributed by atoms with van der Waals surface area (Å²) in [5, 5.41) is 0. The van der Waals surface area contributed by atoms with Crippen LogP contribution < -0.4 is 4.74 Å². The molecule has 0 aromatic heterocycles. The van der Waals surface area contributed by atoms with Gasteiger partial charge in [-0.2, -0.15) is 0 Å². The minimum Gasteiger partial charge on any atom is -0.497 e. The van der Waals surface area contributed by atoms with E-state index in [4.69, 9.17) is 9.39 Å². The molecule has 0 radical (unpaired) electrons. The first-order valence-corrected chi connectivity index (χ1v) is 18.6. The summed E-state index contributed by atoms with van der Waals surface area (Å²) in [6.07, 6.45) is 0. The Morgan fingerprint density at radius 1 is 0.826 bits per heavy atom. The first-order valence-electron chi connectivity index (χ1n) is 8.30. The molecule has 1 rings (SSSR count). The highest BCUT2D eigenvalue weighted by Crippen LogP contribution is 2.26. The van der Waals surface area contributed by atoms with Crippen molar-refractivity contribution in [1.29, 1.82) is 0 Å². The zero-order chi connectivity index (χ0) is 18.1. The molecule has 0 fully saturated rings. The Balaban J connectivity index is 3.54. The summed E-state index contributed by atoms with van der Waals surface area (Å²) in [6.45, 7) is 21.5. The number of rotatable bonds is 5. The van der Waals surface area contributed by atoms with Crippen molar-refractivity contribution < 1.29 is 4.74 Å². The zero-order valence-electron chi connectivity index (χ0n) is 16.6. The topological polar surface area (TPSA) is 24.8 Å². The maximum atomic E-state index is 5.32. The molecule has 0 unspecified atom stereocenters. The largest absolute Gasteiger partial charge is 0.497 e. The third-order valence-corrected chi connectivity index (χ3v) is 11.4. The lowest BCUT2D eigenvalue weighted by Crippen LogP contribution is -2.62. The summed E-state index contributed by atoms with van der Waals surface area (Å²) in [5.74, 6) is 2.11. The van der Waals surface area contributed by atoms with E-state index in [0.29, 0.717) is 0 Å². The van der Waals surface area contributed by atoms with E-state index in [0.717, 1.165) is 5.75 Å². The first-order chi connectivity index (χ1) is 10.3. The van der Waals surface area contributed by atoms with Gasteiger partial charge in [-0.15, -0.1) is 0 Å². The van der Waals surface area contributed by atoms with Crippen LogP contribution in [0.1, 0.15) is 5.56 Å². The summed E-state index contributed by atoms with van der Waals surface area (Å²) < 4.78 is 13.3. The highest BCUT2D eigenvalue weighted by Gasteiger charge is 2.37. The van der Waals surface area contributed by atoms with Crippen molar-refractivity contribution in [2.75, 3.05) is 7.11 Å². The van der Waals surface area contributed by atoms with Gasteiger partial charge in [0.2, 0.25) is 0 Å². The van der Waals surface area contributed by atoms with Gasteiger partial charge >= 0.3 is 0 Å². The van der Waals surface area contributed by atoms with Crippen LogP contribution in [0.3, 0.4) is 0 Å². The quantitative estimate of drug-likeness (QED) is 0.404. The van der Waals surface area contributed by atoms with Gasteiger partial charge in [-0.05, 0) is 43.9 Å². The average Bonchev–Trinajstić information content (AvgIpc) is 2.33. The maximum Gasteiger partial charge on any atom is 0.174 e. The van der Waals surface area contributed by atoms with Crippen LogP contribution in [0.4, 0.5) is 0 Å². The Labute approximate surface area is 146 Å². The van der Waals surface area contributed by atoms with Crippen LogP contribution in [0, 0.1) is 0 Å². The SMILES string of the molecule is COc1ccc(/C(=N\[Si](C)(C)C)N([Si](C)(C)C)[Si](C)(C)C)cc1. The second kappa shape index (κ2) is 6.94. The van der Waals surface area contributed by atoms with E-state index in [2.05, 4.69) is 75.3 Å². The van der Waals surface area contributed by atoms with Crippen molar-refractivity contribution in [3.05, 3.63) is 29.8 Å². The van der Waals surface area contributed by atoms with Crippen molar-refractivity contribution in [1.82, 2.24) is 4.23 Å². The van der Waals surface area contributed by atoms with Crippen LogP contribution in [-0.4, -0.2) is 41.9 Å². The van der Waals surface area contributed by atoms with Crippen LogP contribution in [0.5, 0.6) is 5.75 Å². The molecule has 130 valence electrons. The third-order valence-electron chi connectivity index (χ3n) is 3.34. The molecule has 0 aliphatic heterocycles. The number of amidine groups is 1. The highest BCUT2D eigenvalue weighted by molar-refractivity contribution is 6.93. The van der Waals surface area contributed by atoms with E-state index in [1.165, 1.54) is 11.4 Å². The van der Waals surface area contributed by atoms with Gasteiger partial charge in [0.1, 0.15) is 28.1 Å². The summed E-state index contributed by atoms with van der Waals surface area (Å²) >= 11 is 0. The molecule has 0 atom stereocenters. The molecule has 0 saturated carbocycles.